The van der Waals surface area contributed by atoms with Gasteiger partial charge in [0, 0.05) is 23.5 Å². The summed E-state index contributed by atoms with van der Waals surface area (Å²) in [5, 5.41) is 3.78. The molecule has 0 unspecified atom stereocenters. The molecule has 2 fully saturated rings. The van der Waals surface area contributed by atoms with Gasteiger partial charge in [-0.1, -0.05) is 5.11 Å². The van der Waals surface area contributed by atoms with Gasteiger partial charge in [0.2, 0.25) is 0 Å². The molecule has 0 aromatic rings. The fourth-order valence-corrected chi connectivity index (χ4v) is 2.68. The Morgan fingerprint density at radius 3 is 2.65 bits per heavy atom. The summed E-state index contributed by atoms with van der Waals surface area (Å²) in [6.45, 7) is 6.25. The van der Waals surface area contributed by atoms with Gasteiger partial charge in [-0.15, -0.1) is 0 Å². The number of azide groups is 1. The maximum atomic E-state index is 11.9. The zero-order chi connectivity index (χ0) is 12.6. The molecule has 6 nitrogen and oxygen atoms in total. The molecule has 17 heavy (non-hydrogen) atoms. The van der Waals surface area contributed by atoms with E-state index >= 15 is 0 Å². The van der Waals surface area contributed by atoms with Crippen LogP contribution in [0.1, 0.15) is 33.6 Å². The number of rotatable bonds is 1. The highest BCUT2D eigenvalue weighted by Gasteiger charge is 2.47. The van der Waals surface area contributed by atoms with E-state index in [2.05, 4.69) is 10.0 Å². The molecule has 1 amide bonds. The normalized spacial score (nSPS) is 31.2. The number of hydrogen-bond donors (Lipinski definition) is 0. The third kappa shape index (κ3) is 2.47. The van der Waals surface area contributed by atoms with Crippen LogP contribution >= 0.6 is 0 Å². The van der Waals surface area contributed by atoms with Crippen LogP contribution in [-0.2, 0) is 4.74 Å². The second kappa shape index (κ2) is 4.11. The molecule has 0 radical (unpaired) electrons. The Kier molecular flexibility index (Phi) is 2.91. The van der Waals surface area contributed by atoms with Gasteiger partial charge in [0.05, 0.1) is 0 Å². The van der Waals surface area contributed by atoms with Crippen molar-refractivity contribution in [3.63, 3.8) is 0 Å². The molecule has 94 valence electrons. The third-order valence-electron chi connectivity index (χ3n) is 3.33. The van der Waals surface area contributed by atoms with Gasteiger partial charge in [-0.3, -0.25) is 0 Å². The van der Waals surface area contributed by atoms with Crippen LogP contribution in [0.5, 0.6) is 0 Å². The summed E-state index contributed by atoms with van der Waals surface area (Å²) in [4.78, 5) is 16.5. The lowest BCUT2D eigenvalue weighted by molar-refractivity contribution is 0.0183. The molecule has 1 aliphatic carbocycles. The zero-order valence-electron chi connectivity index (χ0n) is 10.5. The molecule has 1 saturated heterocycles. The third-order valence-corrected chi connectivity index (χ3v) is 3.33. The largest absolute Gasteiger partial charge is 0.444 e. The molecule has 0 spiro atoms. The van der Waals surface area contributed by atoms with Gasteiger partial charge in [-0.2, -0.15) is 0 Å². The number of amides is 1. The monoisotopic (exact) mass is 238 g/mol. The minimum Gasteiger partial charge on any atom is -0.444 e. The number of carbonyl (C=O) groups is 1. The number of likely N-dealkylation sites (tertiary alicyclic amines) is 1. The lowest BCUT2D eigenvalue weighted by Crippen LogP contribution is -2.43. The highest BCUT2D eigenvalue weighted by Crippen LogP contribution is 2.40. The first kappa shape index (κ1) is 12.0. The van der Waals surface area contributed by atoms with E-state index in [9.17, 15) is 4.79 Å². The minimum atomic E-state index is -0.455. The Labute approximate surface area is 101 Å². The van der Waals surface area contributed by atoms with Crippen molar-refractivity contribution >= 4 is 6.09 Å². The number of carbonyl (C=O) groups excluding carboxylic acids is 1. The van der Waals surface area contributed by atoms with Crippen molar-refractivity contribution in [1.29, 1.82) is 0 Å². The molecule has 1 heterocycles. The number of nitrogens with zero attached hydrogens (tertiary/aromatic N) is 4. The average molecular weight is 238 g/mol. The van der Waals surface area contributed by atoms with E-state index < -0.39 is 5.60 Å². The van der Waals surface area contributed by atoms with Crippen LogP contribution in [0.15, 0.2) is 5.11 Å². The summed E-state index contributed by atoms with van der Waals surface area (Å²) in [5.74, 6) is 0.309. The lowest BCUT2D eigenvalue weighted by atomic mass is 10.0. The van der Waals surface area contributed by atoms with Crippen LogP contribution in [0.4, 0.5) is 4.79 Å². The first-order chi connectivity index (χ1) is 7.90. The topological polar surface area (TPSA) is 78.3 Å². The minimum absolute atomic E-state index is 0.0590. The van der Waals surface area contributed by atoms with Gasteiger partial charge in [0.1, 0.15) is 5.60 Å². The van der Waals surface area contributed by atoms with Crippen molar-refractivity contribution in [3.05, 3.63) is 10.4 Å². The SMILES string of the molecule is CC(C)(C)OC(=O)N1C[C@H]2C[C@@H]1C[C@@H]2N=[N+]=[N-]. The summed E-state index contributed by atoms with van der Waals surface area (Å²) in [5.41, 5.74) is 7.98. The van der Waals surface area contributed by atoms with Crippen molar-refractivity contribution in [2.45, 2.75) is 51.3 Å². The lowest BCUT2D eigenvalue weighted by Gasteiger charge is -2.31. The highest BCUT2D eigenvalue weighted by molar-refractivity contribution is 5.69. The van der Waals surface area contributed by atoms with Crippen molar-refractivity contribution in [2.75, 3.05) is 6.54 Å². The van der Waals surface area contributed by atoms with Gasteiger partial charge in [0.25, 0.3) is 0 Å². The summed E-state index contributed by atoms with van der Waals surface area (Å²) in [7, 11) is 0. The van der Waals surface area contributed by atoms with E-state index in [0.717, 1.165) is 12.8 Å². The molecule has 6 heteroatoms. The predicted molar refractivity (Wildman–Crippen MR) is 62.4 cm³/mol. The van der Waals surface area contributed by atoms with Gasteiger partial charge in [-0.25, -0.2) is 4.79 Å². The van der Waals surface area contributed by atoms with Gasteiger partial charge in [0.15, 0.2) is 0 Å². The molecule has 3 atom stereocenters. The van der Waals surface area contributed by atoms with E-state index in [1.54, 1.807) is 4.90 Å². The smallest absolute Gasteiger partial charge is 0.410 e. The van der Waals surface area contributed by atoms with Crippen molar-refractivity contribution in [1.82, 2.24) is 4.90 Å². The highest BCUT2D eigenvalue weighted by atomic mass is 16.6. The zero-order valence-corrected chi connectivity index (χ0v) is 10.5. The fraction of sp³-hybridized carbons (Fsp3) is 0.909. The Bertz CT molecular complexity index is 370. The molecule has 2 rings (SSSR count). The van der Waals surface area contributed by atoms with E-state index in [1.807, 2.05) is 20.8 Å². The number of piperidine rings is 1. The van der Waals surface area contributed by atoms with Crippen LogP contribution in [0.25, 0.3) is 10.4 Å². The Hall–Kier alpha value is -1.42. The number of hydrogen-bond acceptors (Lipinski definition) is 3. The quantitative estimate of drug-likeness (QED) is 0.400. The van der Waals surface area contributed by atoms with Crippen LogP contribution in [0.3, 0.4) is 0 Å². The molecular weight excluding hydrogens is 220 g/mol. The molecule has 2 bridgehead atoms. The predicted octanol–water partition coefficient (Wildman–Crippen LogP) is 2.69. The summed E-state index contributed by atoms with van der Waals surface area (Å²) in [6.07, 6.45) is 1.46. The molecule has 1 saturated carbocycles. The molecule has 2 aliphatic rings. The Morgan fingerprint density at radius 1 is 1.47 bits per heavy atom. The maximum Gasteiger partial charge on any atom is 0.410 e. The van der Waals surface area contributed by atoms with Crippen molar-refractivity contribution in [2.24, 2.45) is 11.0 Å². The van der Waals surface area contributed by atoms with E-state index in [1.165, 1.54) is 0 Å². The van der Waals surface area contributed by atoms with Crippen molar-refractivity contribution < 1.29 is 9.53 Å². The van der Waals surface area contributed by atoms with E-state index in [0.29, 0.717) is 12.5 Å². The Balaban J connectivity index is 1.96. The average Bonchev–Trinajstić information content (AvgIpc) is 2.74. The van der Waals surface area contributed by atoms with Crippen LogP contribution in [0.2, 0.25) is 0 Å². The molecule has 0 aromatic carbocycles. The van der Waals surface area contributed by atoms with Gasteiger partial charge >= 0.3 is 6.09 Å². The summed E-state index contributed by atoms with van der Waals surface area (Å²) < 4.78 is 5.35. The maximum absolute atomic E-state index is 11.9. The van der Waals surface area contributed by atoms with Crippen LogP contribution in [-0.4, -0.2) is 35.2 Å². The van der Waals surface area contributed by atoms with Crippen molar-refractivity contribution in [3.8, 4) is 0 Å². The Morgan fingerprint density at radius 2 is 2.18 bits per heavy atom. The number of ether oxygens (including phenoxy) is 1. The fourth-order valence-electron chi connectivity index (χ4n) is 2.68. The second-order valence-corrected chi connectivity index (χ2v) is 5.79. The molecule has 0 aromatic heterocycles. The molecular formula is C11H18N4O2. The molecule has 0 N–H and O–H groups in total. The first-order valence-electron chi connectivity index (χ1n) is 5.94. The van der Waals surface area contributed by atoms with Crippen LogP contribution in [0, 0.1) is 5.92 Å². The standard InChI is InChI=1S/C11H18N4O2/c1-11(2,3)17-10(16)15-6-7-4-8(15)5-9(7)13-14-12/h7-9H,4-6H2,1-3H3/t7-,8-,9+/m1/s1. The summed E-state index contributed by atoms with van der Waals surface area (Å²) >= 11 is 0. The molecule has 1 aliphatic heterocycles. The first-order valence-corrected chi connectivity index (χ1v) is 5.94. The van der Waals surface area contributed by atoms with Gasteiger partial charge < -0.3 is 9.64 Å². The summed E-state index contributed by atoms with van der Waals surface area (Å²) in [6, 6.07) is 0.244. The van der Waals surface area contributed by atoms with Crippen LogP contribution < -0.4 is 0 Å². The van der Waals surface area contributed by atoms with E-state index in [-0.39, 0.29) is 18.2 Å². The number of fused-ring (bicyclic) bond motifs is 2. The van der Waals surface area contributed by atoms with E-state index in [4.69, 9.17) is 10.3 Å². The second-order valence-electron chi connectivity index (χ2n) is 5.79. The van der Waals surface area contributed by atoms with Gasteiger partial charge in [-0.05, 0) is 45.1 Å².